The summed E-state index contributed by atoms with van der Waals surface area (Å²) in [4.78, 5) is 9.98. The van der Waals surface area contributed by atoms with Gasteiger partial charge in [0.2, 0.25) is 0 Å². The van der Waals surface area contributed by atoms with Crippen molar-refractivity contribution in [2.24, 2.45) is 4.99 Å². The zero-order chi connectivity index (χ0) is 21.3. The van der Waals surface area contributed by atoms with Gasteiger partial charge in [-0.2, -0.15) is 0 Å². The van der Waals surface area contributed by atoms with Crippen LogP contribution >= 0.6 is 35.3 Å². The number of hydrogen-bond donors (Lipinski definition) is 3. The Labute approximate surface area is 207 Å². The molecule has 1 aliphatic heterocycles. The van der Waals surface area contributed by atoms with Crippen LogP contribution in [0.5, 0.6) is 0 Å². The van der Waals surface area contributed by atoms with E-state index >= 15 is 0 Å². The van der Waals surface area contributed by atoms with Crippen LogP contribution in [0, 0.1) is 13.8 Å². The number of ether oxygens (including phenoxy) is 1. The molecule has 1 saturated heterocycles. The molecule has 2 unspecified atom stereocenters. The number of aliphatic hydroxyl groups excluding tert-OH is 1. The van der Waals surface area contributed by atoms with Gasteiger partial charge >= 0.3 is 0 Å². The second kappa shape index (κ2) is 13.4. The first-order valence-electron chi connectivity index (χ1n) is 10.7. The van der Waals surface area contributed by atoms with Crippen molar-refractivity contribution in [3.05, 3.63) is 57.3 Å². The monoisotopic (exact) mass is 558 g/mol. The number of morpholine rings is 1. The Morgan fingerprint density at radius 3 is 2.45 bits per heavy atom. The normalized spacial score (nSPS) is 17.0. The van der Waals surface area contributed by atoms with Gasteiger partial charge in [0.15, 0.2) is 5.96 Å². The summed E-state index contributed by atoms with van der Waals surface area (Å²) in [6.07, 6.45) is -0.579. The molecule has 31 heavy (non-hydrogen) atoms. The van der Waals surface area contributed by atoms with Crippen LogP contribution in [0.2, 0.25) is 0 Å². The molecule has 6 nitrogen and oxygen atoms in total. The highest BCUT2D eigenvalue weighted by Gasteiger charge is 2.24. The van der Waals surface area contributed by atoms with Crippen LogP contribution in [0.25, 0.3) is 0 Å². The van der Waals surface area contributed by atoms with Crippen LogP contribution in [-0.4, -0.2) is 61.9 Å². The van der Waals surface area contributed by atoms with Gasteiger partial charge in [0, 0.05) is 35.9 Å². The van der Waals surface area contributed by atoms with Gasteiger partial charge in [-0.15, -0.1) is 35.3 Å². The van der Waals surface area contributed by atoms with E-state index < -0.39 is 6.10 Å². The van der Waals surface area contributed by atoms with Gasteiger partial charge in [-0.25, -0.2) is 0 Å². The molecule has 0 bridgehead atoms. The zero-order valence-corrected chi connectivity index (χ0v) is 21.8. The summed E-state index contributed by atoms with van der Waals surface area (Å²) in [5.74, 6) is 0.732. The molecule has 1 fully saturated rings. The number of nitrogens with zero attached hydrogens (tertiary/aromatic N) is 2. The Morgan fingerprint density at radius 1 is 1.13 bits per heavy atom. The Kier molecular flexibility index (Phi) is 11.2. The number of aliphatic imine (C=N–C) groups is 1. The molecule has 2 aromatic rings. The highest BCUT2D eigenvalue weighted by molar-refractivity contribution is 14.0. The molecule has 8 heteroatoms. The van der Waals surface area contributed by atoms with Crippen molar-refractivity contribution in [2.45, 2.75) is 32.9 Å². The van der Waals surface area contributed by atoms with Gasteiger partial charge in [0.25, 0.3) is 0 Å². The number of benzene rings is 1. The van der Waals surface area contributed by atoms with E-state index in [0.29, 0.717) is 13.1 Å². The number of hydrogen-bond acceptors (Lipinski definition) is 5. The average Bonchev–Trinajstić information content (AvgIpc) is 3.19. The minimum absolute atomic E-state index is 0. The minimum Gasteiger partial charge on any atom is -0.387 e. The highest BCUT2D eigenvalue weighted by atomic mass is 127. The SMILES string of the molecule is CCNC(=NCC(c1ccc(C)s1)N1CCOCC1)NCC(O)c1ccc(C)cc1.I. The maximum atomic E-state index is 10.5. The number of rotatable bonds is 8. The first-order chi connectivity index (χ1) is 14.6. The van der Waals surface area contributed by atoms with Crippen LogP contribution in [0.15, 0.2) is 41.4 Å². The standard InChI is InChI=1S/C23H34N4O2S.HI/c1-4-24-23(26-16-21(28)19-8-5-17(2)6-9-19)25-15-20(22-10-7-18(3)30-22)27-11-13-29-14-12-27;/h5-10,20-21,28H,4,11-16H2,1-3H3,(H2,24,25,26);1H. The summed E-state index contributed by atoms with van der Waals surface area (Å²) < 4.78 is 5.54. The second-order valence-electron chi connectivity index (χ2n) is 7.64. The predicted octanol–water partition coefficient (Wildman–Crippen LogP) is 3.64. The number of aryl methyl sites for hydroxylation is 2. The van der Waals surface area contributed by atoms with Gasteiger partial charge in [-0.3, -0.25) is 9.89 Å². The molecule has 3 N–H and O–H groups in total. The molecule has 3 rings (SSSR count). The molecule has 0 amide bonds. The number of halogens is 1. The summed E-state index contributed by atoms with van der Waals surface area (Å²) in [5, 5.41) is 17.1. The van der Waals surface area contributed by atoms with E-state index in [1.54, 1.807) is 0 Å². The van der Waals surface area contributed by atoms with E-state index in [0.717, 1.165) is 44.4 Å². The van der Waals surface area contributed by atoms with Crippen molar-refractivity contribution >= 4 is 41.3 Å². The molecule has 0 radical (unpaired) electrons. The average molecular weight is 559 g/mol. The number of thiophene rings is 1. The van der Waals surface area contributed by atoms with Crippen molar-refractivity contribution in [2.75, 3.05) is 45.9 Å². The summed E-state index contributed by atoms with van der Waals surface area (Å²) in [5.41, 5.74) is 2.09. The molecule has 1 aromatic heterocycles. The van der Waals surface area contributed by atoms with Crippen LogP contribution in [-0.2, 0) is 4.74 Å². The first-order valence-corrected chi connectivity index (χ1v) is 11.5. The quantitative estimate of drug-likeness (QED) is 0.262. The molecule has 0 spiro atoms. The van der Waals surface area contributed by atoms with Crippen LogP contribution in [0.3, 0.4) is 0 Å². The van der Waals surface area contributed by atoms with Gasteiger partial charge in [-0.1, -0.05) is 29.8 Å². The summed E-state index contributed by atoms with van der Waals surface area (Å²) in [6.45, 7) is 11.5. The summed E-state index contributed by atoms with van der Waals surface area (Å²) in [6, 6.07) is 12.6. The Hall–Kier alpha value is -1.20. The van der Waals surface area contributed by atoms with Crippen LogP contribution < -0.4 is 10.6 Å². The van der Waals surface area contributed by atoms with Crippen molar-refractivity contribution in [3.8, 4) is 0 Å². The molecule has 2 heterocycles. The lowest BCUT2D eigenvalue weighted by molar-refractivity contribution is 0.0186. The van der Waals surface area contributed by atoms with Gasteiger partial charge in [-0.05, 0) is 38.5 Å². The molecular formula is C23H35IN4O2S. The number of aliphatic hydroxyl groups is 1. The maximum absolute atomic E-state index is 10.5. The fourth-order valence-electron chi connectivity index (χ4n) is 3.53. The molecule has 2 atom stereocenters. The Balaban J connectivity index is 0.00000341. The largest absolute Gasteiger partial charge is 0.387 e. The summed E-state index contributed by atoms with van der Waals surface area (Å²) >= 11 is 1.84. The van der Waals surface area contributed by atoms with Gasteiger partial charge in [0.1, 0.15) is 0 Å². The van der Waals surface area contributed by atoms with Crippen molar-refractivity contribution in [1.29, 1.82) is 0 Å². The van der Waals surface area contributed by atoms with E-state index in [4.69, 9.17) is 9.73 Å². The van der Waals surface area contributed by atoms with Crippen molar-refractivity contribution < 1.29 is 9.84 Å². The van der Waals surface area contributed by atoms with E-state index in [-0.39, 0.29) is 30.0 Å². The van der Waals surface area contributed by atoms with Gasteiger partial charge in [0.05, 0.1) is 31.9 Å². The van der Waals surface area contributed by atoms with Gasteiger partial charge < -0.3 is 20.5 Å². The summed E-state index contributed by atoms with van der Waals surface area (Å²) in [7, 11) is 0. The van der Waals surface area contributed by atoms with Crippen molar-refractivity contribution in [1.82, 2.24) is 15.5 Å². The smallest absolute Gasteiger partial charge is 0.191 e. The molecule has 172 valence electrons. The molecule has 0 saturated carbocycles. The fourth-order valence-corrected chi connectivity index (χ4v) is 4.53. The minimum atomic E-state index is -0.579. The van der Waals surface area contributed by atoms with Crippen molar-refractivity contribution in [3.63, 3.8) is 0 Å². The molecule has 1 aromatic carbocycles. The number of guanidine groups is 1. The van der Waals surface area contributed by atoms with E-state index in [2.05, 4.69) is 41.5 Å². The van der Waals surface area contributed by atoms with Crippen LogP contribution in [0.4, 0.5) is 0 Å². The third kappa shape index (κ3) is 8.02. The Bertz CT molecular complexity index is 806. The third-order valence-corrected chi connectivity index (χ3v) is 6.37. The lowest BCUT2D eigenvalue weighted by atomic mass is 10.1. The predicted molar refractivity (Wildman–Crippen MR) is 140 cm³/mol. The molecule has 1 aliphatic rings. The van der Waals surface area contributed by atoms with E-state index in [1.807, 2.05) is 42.5 Å². The maximum Gasteiger partial charge on any atom is 0.191 e. The lowest BCUT2D eigenvalue weighted by Gasteiger charge is -2.33. The third-order valence-electron chi connectivity index (χ3n) is 5.27. The number of nitrogens with one attached hydrogen (secondary N) is 2. The zero-order valence-electron chi connectivity index (χ0n) is 18.6. The Morgan fingerprint density at radius 2 is 1.84 bits per heavy atom. The molecule has 0 aliphatic carbocycles. The highest BCUT2D eigenvalue weighted by Crippen LogP contribution is 2.28. The van der Waals surface area contributed by atoms with E-state index in [1.165, 1.54) is 15.3 Å². The van der Waals surface area contributed by atoms with Crippen LogP contribution in [0.1, 0.15) is 40.0 Å². The first kappa shape index (κ1) is 26.1. The molecular weight excluding hydrogens is 523 g/mol. The second-order valence-corrected chi connectivity index (χ2v) is 8.96. The topological polar surface area (TPSA) is 69.1 Å². The fraction of sp³-hybridized carbons (Fsp3) is 0.522. The van der Waals surface area contributed by atoms with E-state index in [9.17, 15) is 5.11 Å². The lowest BCUT2D eigenvalue weighted by Crippen LogP contribution is -2.42.